The summed E-state index contributed by atoms with van der Waals surface area (Å²) in [4.78, 5) is 12.8. The summed E-state index contributed by atoms with van der Waals surface area (Å²) in [6.45, 7) is 6.79. The van der Waals surface area contributed by atoms with Crippen LogP contribution in [0.25, 0.3) is 0 Å². The van der Waals surface area contributed by atoms with Crippen LogP contribution in [-0.4, -0.2) is 31.3 Å². The number of rotatable bonds is 6. The molecule has 0 fully saturated rings. The van der Waals surface area contributed by atoms with Crippen LogP contribution >= 0.6 is 0 Å². The number of carboxylic acid groups (broad SMARTS) is 1. The molecule has 4 nitrogen and oxygen atoms in total. The Hall–Kier alpha value is -1.71. The van der Waals surface area contributed by atoms with Gasteiger partial charge in [0.2, 0.25) is 0 Å². The zero-order chi connectivity index (χ0) is 13.7. The molecule has 1 aromatic carbocycles. The van der Waals surface area contributed by atoms with E-state index in [0.717, 1.165) is 11.3 Å². The van der Waals surface area contributed by atoms with E-state index < -0.39 is 5.97 Å². The lowest BCUT2D eigenvalue weighted by Crippen LogP contribution is -2.33. The molecule has 0 heterocycles. The highest BCUT2D eigenvalue weighted by Crippen LogP contribution is 2.29. The number of methoxy groups -OCH3 is 1. The second-order valence-electron chi connectivity index (χ2n) is 4.84. The largest absolute Gasteiger partial charge is 0.495 e. The molecular formula is C14H21NO3. The first-order valence-electron chi connectivity index (χ1n) is 6.05. The molecule has 1 aromatic rings. The molecule has 0 atom stereocenters. The van der Waals surface area contributed by atoms with Crippen molar-refractivity contribution in [1.29, 1.82) is 0 Å². The Bertz CT molecular complexity index is 416. The van der Waals surface area contributed by atoms with Crippen molar-refractivity contribution in [2.24, 2.45) is 5.92 Å². The predicted molar refractivity (Wildman–Crippen MR) is 72.4 cm³/mol. The van der Waals surface area contributed by atoms with E-state index in [0.29, 0.717) is 18.2 Å². The fourth-order valence-corrected chi connectivity index (χ4v) is 1.90. The summed E-state index contributed by atoms with van der Waals surface area (Å²) in [6, 6.07) is 5.79. The van der Waals surface area contributed by atoms with Crippen LogP contribution in [0.1, 0.15) is 19.4 Å². The maximum atomic E-state index is 11.0. The summed E-state index contributed by atoms with van der Waals surface area (Å²) in [7, 11) is 1.60. The van der Waals surface area contributed by atoms with E-state index in [-0.39, 0.29) is 6.54 Å². The van der Waals surface area contributed by atoms with Crippen LogP contribution in [-0.2, 0) is 4.79 Å². The van der Waals surface area contributed by atoms with Crippen molar-refractivity contribution in [2.45, 2.75) is 20.8 Å². The molecule has 0 aromatic heterocycles. The lowest BCUT2D eigenvalue weighted by molar-refractivity contribution is -0.135. The summed E-state index contributed by atoms with van der Waals surface area (Å²) in [5, 5.41) is 9.01. The number of aliphatic carboxylic acids is 1. The molecule has 0 unspecified atom stereocenters. The van der Waals surface area contributed by atoms with Crippen LogP contribution in [0.5, 0.6) is 5.75 Å². The second-order valence-corrected chi connectivity index (χ2v) is 4.84. The number of carboxylic acids is 1. The average Bonchev–Trinajstić information content (AvgIpc) is 2.26. The maximum Gasteiger partial charge on any atom is 0.323 e. The molecule has 1 rings (SSSR count). The fourth-order valence-electron chi connectivity index (χ4n) is 1.90. The molecule has 0 bridgehead atoms. The number of hydrogen-bond donors (Lipinski definition) is 1. The molecule has 0 spiro atoms. The van der Waals surface area contributed by atoms with Crippen LogP contribution in [0, 0.1) is 12.8 Å². The molecule has 4 heteroatoms. The van der Waals surface area contributed by atoms with E-state index in [1.165, 1.54) is 0 Å². The smallest absolute Gasteiger partial charge is 0.323 e. The van der Waals surface area contributed by atoms with Crippen LogP contribution in [0.15, 0.2) is 18.2 Å². The minimum Gasteiger partial charge on any atom is -0.495 e. The van der Waals surface area contributed by atoms with Crippen molar-refractivity contribution in [1.82, 2.24) is 0 Å². The minimum absolute atomic E-state index is 0.0159. The third-order valence-corrected chi connectivity index (χ3v) is 2.59. The lowest BCUT2D eigenvalue weighted by atomic mass is 10.1. The zero-order valence-corrected chi connectivity index (χ0v) is 11.4. The maximum absolute atomic E-state index is 11.0. The highest BCUT2D eigenvalue weighted by molar-refractivity contribution is 5.75. The number of ether oxygens (including phenoxy) is 1. The van der Waals surface area contributed by atoms with Gasteiger partial charge in [-0.05, 0) is 30.5 Å². The topological polar surface area (TPSA) is 49.8 Å². The Kier molecular flexibility index (Phi) is 5.01. The fraction of sp³-hybridized carbons (Fsp3) is 0.500. The van der Waals surface area contributed by atoms with Gasteiger partial charge in [-0.25, -0.2) is 0 Å². The number of carbonyl (C=O) groups is 1. The Morgan fingerprint density at radius 2 is 2.11 bits per heavy atom. The summed E-state index contributed by atoms with van der Waals surface area (Å²) >= 11 is 0. The molecule has 18 heavy (non-hydrogen) atoms. The third-order valence-electron chi connectivity index (χ3n) is 2.59. The molecule has 0 saturated carbocycles. The van der Waals surface area contributed by atoms with Gasteiger partial charge < -0.3 is 14.7 Å². The highest BCUT2D eigenvalue weighted by atomic mass is 16.5. The molecule has 0 aliphatic rings. The van der Waals surface area contributed by atoms with Crippen LogP contribution < -0.4 is 9.64 Å². The average molecular weight is 251 g/mol. The number of benzene rings is 1. The number of hydrogen-bond acceptors (Lipinski definition) is 3. The monoisotopic (exact) mass is 251 g/mol. The van der Waals surface area contributed by atoms with E-state index >= 15 is 0 Å². The lowest BCUT2D eigenvalue weighted by Gasteiger charge is -2.26. The van der Waals surface area contributed by atoms with Gasteiger partial charge in [-0.2, -0.15) is 0 Å². The highest BCUT2D eigenvalue weighted by Gasteiger charge is 2.16. The first-order valence-corrected chi connectivity index (χ1v) is 6.05. The van der Waals surface area contributed by atoms with Gasteiger partial charge in [-0.1, -0.05) is 19.9 Å². The van der Waals surface area contributed by atoms with Gasteiger partial charge in [-0.3, -0.25) is 4.79 Å². The van der Waals surface area contributed by atoms with Gasteiger partial charge in [0.05, 0.1) is 12.8 Å². The Morgan fingerprint density at radius 1 is 1.44 bits per heavy atom. The summed E-state index contributed by atoms with van der Waals surface area (Å²) < 4.78 is 5.31. The molecular weight excluding hydrogens is 230 g/mol. The van der Waals surface area contributed by atoms with Crippen molar-refractivity contribution >= 4 is 11.7 Å². The molecule has 100 valence electrons. The quantitative estimate of drug-likeness (QED) is 0.844. The SMILES string of the molecule is COc1ccc(C)cc1N(CC(=O)O)CC(C)C. The third kappa shape index (κ3) is 3.95. The van der Waals surface area contributed by atoms with Crippen LogP contribution in [0.4, 0.5) is 5.69 Å². The van der Waals surface area contributed by atoms with Gasteiger partial charge in [0, 0.05) is 6.54 Å². The molecule has 0 aliphatic carbocycles. The standard InChI is InChI=1S/C14H21NO3/c1-10(2)8-15(9-14(16)17)12-7-11(3)5-6-13(12)18-4/h5-7,10H,8-9H2,1-4H3,(H,16,17). The van der Waals surface area contributed by atoms with E-state index in [1.807, 2.05) is 30.0 Å². The van der Waals surface area contributed by atoms with Gasteiger partial charge >= 0.3 is 5.97 Å². The summed E-state index contributed by atoms with van der Waals surface area (Å²) in [5.41, 5.74) is 1.93. The van der Waals surface area contributed by atoms with Gasteiger partial charge in [0.25, 0.3) is 0 Å². The van der Waals surface area contributed by atoms with Crippen molar-refractivity contribution in [2.75, 3.05) is 25.1 Å². The van der Waals surface area contributed by atoms with Gasteiger partial charge in [-0.15, -0.1) is 0 Å². The molecule has 1 N–H and O–H groups in total. The minimum atomic E-state index is -0.834. The Balaban J connectivity index is 3.09. The number of aryl methyl sites for hydroxylation is 1. The molecule has 0 saturated heterocycles. The molecule has 0 radical (unpaired) electrons. The Labute approximate surface area is 108 Å². The van der Waals surface area contributed by atoms with Gasteiger partial charge in [0.1, 0.15) is 12.3 Å². The normalized spacial score (nSPS) is 10.5. The second kappa shape index (κ2) is 6.28. The van der Waals surface area contributed by atoms with Crippen molar-refractivity contribution in [3.8, 4) is 5.75 Å². The van der Waals surface area contributed by atoms with Crippen molar-refractivity contribution in [3.05, 3.63) is 23.8 Å². The van der Waals surface area contributed by atoms with Crippen LogP contribution in [0.3, 0.4) is 0 Å². The van der Waals surface area contributed by atoms with Crippen LogP contribution in [0.2, 0.25) is 0 Å². The zero-order valence-electron chi connectivity index (χ0n) is 11.4. The number of anilines is 1. The molecule has 0 aliphatic heterocycles. The van der Waals surface area contributed by atoms with Crippen molar-refractivity contribution < 1.29 is 14.6 Å². The van der Waals surface area contributed by atoms with E-state index in [4.69, 9.17) is 9.84 Å². The molecule has 0 amide bonds. The Morgan fingerprint density at radius 3 is 2.61 bits per heavy atom. The van der Waals surface area contributed by atoms with Gasteiger partial charge in [0.15, 0.2) is 0 Å². The predicted octanol–water partition coefficient (Wildman–Crippen LogP) is 2.55. The van der Waals surface area contributed by atoms with E-state index in [1.54, 1.807) is 7.11 Å². The van der Waals surface area contributed by atoms with E-state index in [9.17, 15) is 4.79 Å². The summed E-state index contributed by atoms with van der Waals surface area (Å²) in [6.07, 6.45) is 0. The number of nitrogens with zero attached hydrogens (tertiary/aromatic N) is 1. The first kappa shape index (κ1) is 14.4. The van der Waals surface area contributed by atoms with E-state index in [2.05, 4.69) is 13.8 Å². The first-order chi connectivity index (χ1) is 8.43. The summed E-state index contributed by atoms with van der Waals surface area (Å²) in [5.74, 6) is 0.260. The van der Waals surface area contributed by atoms with Crippen molar-refractivity contribution in [3.63, 3.8) is 0 Å².